The van der Waals surface area contributed by atoms with Gasteiger partial charge in [-0.3, -0.25) is 4.90 Å². The summed E-state index contributed by atoms with van der Waals surface area (Å²) < 4.78 is 5.35. The van der Waals surface area contributed by atoms with E-state index in [1.165, 1.54) is 5.56 Å². The molecule has 2 N–H and O–H groups in total. The second-order valence-corrected chi connectivity index (χ2v) is 5.86. The summed E-state index contributed by atoms with van der Waals surface area (Å²) in [5, 5.41) is 0. The van der Waals surface area contributed by atoms with Crippen LogP contribution in [0, 0.1) is 0 Å². The van der Waals surface area contributed by atoms with Crippen LogP contribution in [-0.4, -0.2) is 29.6 Å². The summed E-state index contributed by atoms with van der Waals surface area (Å²) in [5.74, 6) is 0.743. The van der Waals surface area contributed by atoms with Crippen molar-refractivity contribution in [1.29, 1.82) is 0 Å². The van der Waals surface area contributed by atoms with Crippen molar-refractivity contribution in [2.75, 3.05) is 14.2 Å². The van der Waals surface area contributed by atoms with Gasteiger partial charge in [0.15, 0.2) is 0 Å². The smallest absolute Gasteiger partial charge is 0.129 e. The molecular formula is C15H24N2OS. The lowest BCUT2D eigenvalue weighted by molar-refractivity contribution is 0.143. The van der Waals surface area contributed by atoms with Crippen molar-refractivity contribution in [3.05, 3.63) is 29.3 Å². The Bertz CT molecular complexity index is 457. The average molecular weight is 280 g/mol. The van der Waals surface area contributed by atoms with Crippen molar-refractivity contribution in [3.63, 3.8) is 0 Å². The van der Waals surface area contributed by atoms with Crippen LogP contribution in [0.3, 0.4) is 0 Å². The topological polar surface area (TPSA) is 38.5 Å². The normalized spacial score (nSPS) is 11.7. The zero-order chi connectivity index (χ0) is 14.6. The van der Waals surface area contributed by atoms with E-state index < -0.39 is 0 Å². The molecule has 0 heterocycles. The Labute approximate surface area is 121 Å². The lowest BCUT2D eigenvalue weighted by atomic mass is 9.99. The van der Waals surface area contributed by atoms with Crippen molar-refractivity contribution in [3.8, 4) is 5.75 Å². The van der Waals surface area contributed by atoms with Gasteiger partial charge in [0.1, 0.15) is 10.7 Å². The van der Waals surface area contributed by atoms with E-state index in [0.29, 0.717) is 4.99 Å². The molecule has 0 aliphatic rings. The third-order valence-electron chi connectivity index (χ3n) is 3.85. The maximum Gasteiger partial charge on any atom is 0.129 e. The summed E-state index contributed by atoms with van der Waals surface area (Å²) in [7, 11) is 3.78. The van der Waals surface area contributed by atoms with E-state index in [-0.39, 0.29) is 5.54 Å². The average Bonchev–Trinajstić information content (AvgIpc) is 2.38. The van der Waals surface area contributed by atoms with Crippen molar-refractivity contribution in [2.24, 2.45) is 5.73 Å². The van der Waals surface area contributed by atoms with E-state index in [2.05, 4.69) is 38.8 Å². The van der Waals surface area contributed by atoms with Crippen molar-refractivity contribution < 1.29 is 4.74 Å². The van der Waals surface area contributed by atoms with Gasteiger partial charge >= 0.3 is 0 Å². The molecule has 0 amide bonds. The van der Waals surface area contributed by atoms with E-state index in [4.69, 9.17) is 22.7 Å². The molecular weight excluding hydrogens is 256 g/mol. The standard InChI is InChI=1S/C15H24N2OS/c1-6-15(2,3)17(4)10-11-7-8-12(14(16)19)13(9-11)18-5/h7-9H,6,10H2,1-5H3,(H2,16,19). The number of nitrogens with two attached hydrogens (primary N) is 1. The molecule has 0 unspecified atom stereocenters. The SMILES string of the molecule is CCC(C)(C)N(C)Cc1ccc(C(N)=S)c(OC)c1. The predicted octanol–water partition coefficient (Wildman–Crippen LogP) is 2.95. The summed E-state index contributed by atoms with van der Waals surface area (Å²) in [6.45, 7) is 7.56. The number of benzene rings is 1. The molecule has 0 spiro atoms. The van der Waals surface area contributed by atoms with E-state index in [9.17, 15) is 0 Å². The van der Waals surface area contributed by atoms with Crippen LogP contribution in [0.1, 0.15) is 38.3 Å². The van der Waals surface area contributed by atoms with Gasteiger partial charge < -0.3 is 10.5 Å². The highest BCUT2D eigenvalue weighted by atomic mass is 32.1. The first-order valence-electron chi connectivity index (χ1n) is 6.49. The Morgan fingerprint density at radius 3 is 2.53 bits per heavy atom. The van der Waals surface area contributed by atoms with Gasteiger partial charge in [0.25, 0.3) is 0 Å². The highest BCUT2D eigenvalue weighted by Gasteiger charge is 2.21. The lowest BCUT2D eigenvalue weighted by Gasteiger charge is -2.35. The Hall–Kier alpha value is -1.13. The van der Waals surface area contributed by atoms with E-state index in [0.717, 1.165) is 24.3 Å². The Kier molecular flexibility index (Phi) is 5.32. The molecule has 3 nitrogen and oxygen atoms in total. The number of ether oxygens (including phenoxy) is 1. The number of hydrogen-bond donors (Lipinski definition) is 1. The number of nitrogens with zero attached hydrogens (tertiary/aromatic N) is 1. The zero-order valence-corrected chi connectivity index (χ0v) is 13.3. The van der Waals surface area contributed by atoms with Crippen molar-refractivity contribution in [2.45, 2.75) is 39.3 Å². The van der Waals surface area contributed by atoms with Gasteiger partial charge in [0.2, 0.25) is 0 Å². The van der Waals surface area contributed by atoms with Gasteiger partial charge in [-0.25, -0.2) is 0 Å². The molecule has 4 heteroatoms. The molecule has 1 aromatic rings. The van der Waals surface area contributed by atoms with Crippen LogP contribution in [0.15, 0.2) is 18.2 Å². The van der Waals surface area contributed by atoms with Gasteiger partial charge in [-0.1, -0.05) is 25.2 Å². The van der Waals surface area contributed by atoms with Gasteiger partial charge in [0.05, 0.1) is 12.7 Å². The largest absolute Gasteiger partial charge is 0.496 e. The lowest BCUT2D eigenvalue weighted by Crippen LogP contribution is -2.39. The summed E-state index contributed by atoms with van der Waals surface area (Å²) in [6, 6.07) is 6.00. The number of methoxy groups -OCH3 is 1. The molecule has 1 aromatic carbocycles. The molecule has 0 saturated heterocycles. The highest BCUT2D eigenvalue weighted by molar-refractivity contribution is 7.80. The summed E-state index contributed by atoms with van der Waals surface area (Å²) in [6.07, 6.45) is 1.10. The summed E-state index contributed by atoms with van der Waals surface area (Å²) in [5.41, 5.74) is 7.83. The van der Waals surface area contributed by atoms with Crippen molar-refractivity contribution >= 4 is 17.2 Å². The van der Waals surface area contributed by atoms with Crippen LogP contribution >= 0.6 is 12.2 Å². The zero-order valence-electron chi connectivity index (χ0n) is 12.5. The first-order valence-corrected chi connectivity index (χ1v) is 6.90. The maximum atomic E-state index is 5.67. The first kappa shape index (κ1) is 15.9. The minimum Gasteiger partial charge on any atom is -0.496 e. The summed E-state index contributed by atoms with van der Waals surface area (Å²) >= 11 is 5.01. The molecule has 0 aliphatic carbocycles. The fourth-order valence-corrected chi connectivity index (χ4v) is 1.96. The van der Waals surface area contributed by atoms with Crippen molar-refractivity contribution in [1.82, 2.24) is 4.90 Å². The fraction of sp³-hybridized carbons (Fsp3) is 0.533. The molecule has 0 atom stereocenters. The van der Waals surface area contributed by atoms with Gasteiger partial charge in [-0.2, -0.15) is 0 Å². The van der Waals surface area contributed by atoms with Crippen LogP contribution in [0.2, 0.25) is 0 Å². The van der Waals surface area contributed by atoms with Gasteiger partial charge in [-0.05, 0) is 45.0 Å². The second kappa shape index (κ2) is 6.35. The molecule has 19 heavy (non-hydrogen) atoms. The quantitative estimate of drug-likeness (QED) is 0.813. The Balaban J connectivity index is 2.95. The van der Waals surface area contributed by atoms with E-state index >= 15 is 0 Å². The maximum absolute atomic E-state index is 5.67. The second-order valence-electron chi connectivity index (χ2n) is 5.42. The Morgan fingerprint density at radius 2 is 2.05 bits per heavy atom. The minimum atomic E-state index is 0.176. The fourth-order valence-electron chi connectivity index (χ4n) is 1.80. The van der Waals surface area contributed by atoms with Crippen LogP contribution in [0.5, 0.6) is 5.75 Å². The molecule has 0 aromatic heterocycles. The van der Waals surface area contributed by atoms with E-state index in [1.807, 2.05) is 12.1 Å². The molecule has 0 radical (unpaired) electrons. The molecule has 106 valence electrons. The third kappa shape index (κ3) is 3.91. The highest BCUT2D eigenvalue weighted by Crippen LogP contribution is 2.24. The van der Waals surface area contributed by atoms with Gasteiger partial charge in [0, 0.05) is 12.1 Å². The summed E-state index contributed by atoms with van der Waals surface area (Å²) in [4.78, 5) is 2.70. The van der Waals surface area contributed by atoms with Crippen LogP contribution < -0.4 is 10.5 Å². The molecule has 0 fully saturated rings. The number of hydrogen-bond acceptors (Lipinski definition) is 3. The molecule has 0 bridgehead atoms. The van der Waals surface area contributed by atoms with Crippen LogP contribution in [0.25, 0.3) is 0 Å². The number of rotatable bonds is 6. The monoisotopic (exact) mass is 280 g/mol. The molecule has 0 saturated carbocycles. The van der Waals surface area contributed by atoms with Crippen LogP contribution in [0.4, 0.5) is 0 Å². The Morgan fingerprint density at radius 1 is 1.42 bits per heavy atom. The number of thiocarbonyl (C=S) groups is 1. The molecule has 0 aliphatic heterocycles. The first-order chi connectivity index (χ1) is 8.81. The van der Waals surface area contributed by atoms with Crippen LogP contribution in [-0.2, 0) is 6.54 Å². The predicted molar refractivity (Wildman–Crippen MR) is 84.7 cm³/mol. The van der Waals surface area contributed by atoms with Gasteiger partial charge in [-0.15, -0.1) is 0 Å². The molecule has 1 rings (SSSR count). The third-order valence-corrected chi connectivity index (χ3v) is 4.07. The minimum absolute atomic E-state index is 0.176. The van der Waals surface area contributed by atoms with E-state index in [1.54, 1.807) is 7.11 Å².